The van der Waals surface area contributed by atoms with Gasteiger partial charge in [-0.1, -0.05) is 44.0 Å². The standard InChI is InChI=1S/C27H28N4O3S/c1-17-9-6-7-12-21(17)28-24(32)16-34-27(33)20-15-22(23-13-8-14-35-23)29-26-25(20)18(2)30-31(26)19-10-4-3-5-11-19/h3-5,8,10-11,13-15,17,21H,6-7,9,12,16H2,1-2H3,(H,28,32)/t17-,21+/m1/s1. The quantitative estimate of drug-likeness (QED) is 0.372. The number of hydrogen-bond acceptors (Lipinski definition) is 6. The number of aromatic nitrogens is 3. The van der Waals surface area contributed by atoms with Crippen LogP contribution in [0.4, 0.5) is 0 Å². The Morgan fingerprint density at radius 1 is 1.14 bits per heavy atom. The van der Waals surface area contributed by atoms with E-state index in [0.717, 1.165) is 29.8 Å². The normalized spacial score (nSPS) is 17.9. The van der Waals surface area contributed by atoms with Gasteiger partial charge in [-0.3, -0.25) is 4.79 Å². The molecular formula is C27H28N4O3S. The summed E-state index contributed by atoms with van der Waals surface area (Å²) in [6, 6.07) is 15.5. The molecule has 1 fully saturated rings. The maximum Gasteiger partial charge on any atom is 0.339 e. The summed E-state index contributed by atoms with van der Waals surface area (Å²) in [7, 11) is 0. The summed E-state index contributed by atoms with van der Waals surface area (Å²) in [5.41, 5.74) is 3.12. The van der Waals surface area contributed by atoms with E-state index >= 15 is 0 Å². The smallest absolute Gasteiger partial charge is 0.339 e. The summed E-state index contributed by atoms with van der Waals surface area (Å²) in [5.74, 6) is -0.390. The molecule has 0 spiro atoms. The van der Waals surface area contributed by atoms with Crippen molar-refractivity contribution in [2.75, 3.05) is 6.61 Å². The van der Waals surface area contributed by atoms with E-state index in [2.05, 4.69) is 17.3 Å². The third-order valence-electron chi connectivity index (χ3n) is 6.60. The fourth-order valence-electron chi connectivity index (χ4n) is 4.74. The third-order valence-corrected chi connectivity index (χ3v) is 7.49. The molecule has 1 amide bonds. The molecule has 7 nitrogen and oxygen atoms in total. The Balaban J connectivity index is 1.46. The fourth-order valence-corrected chi connectivity index (χ4v) is 5.42. The Morgan fingerprint density at radius 2 is 1.94 bits per heavy atom. The average molecular weight is 489 g/mol. The zero-order valence-corrected chi connectivity index (χ0v) is 20.7. The molecule has 1 aliphatic rings. The van der Waals surface area contributed by atoms with Gasteiger partial charge in [0.25, 0.3) is 5.91 Å². The van der Waals surface area contributed by atoms with Crippen molar-refractivity contribution < 1.29 is 14.3 Å². The molecule has 0 saturated heterocycles. The molecule has 1 aliphatic carbocycles. The highest BCUT2D eigenvalue weighted by Crippen LogP contribution is 2.31. The van der Waals surface area contributed by atoms with Crippen LogP contribution in [0.5, 0.6) is 0 Å². The van der Waals surface area contributed by atoms with Crippen LogP contribution < -0.4 is 5.32 Å². The lowest BCUT2D eigenvalue weighted by Crippen LogP contribution is -2.42. The molecule has 1 N–H and O–H groups in total. The molecule has 1 aromatic carbocycles. The molecule has 2 atom stereocenters. The van der Waals surface area contributed by atoms with Crippen molar-refractivity contribution in [3.63, 3.8) is 0 Å². The molecular weight excluding hydrogens is 460 g/mol. The van der Waals surface area contributed by atoms with Gasteiger partial charge in [0.1, 0.15) is 0 Å². The number of carbonyl (C=O) groups excluding carboxylic acids is 2. The van der Waals surface area contributed by atoms with E-state index in [-0.39, 0.29) is 18.6 Å². The van der Waals surface area contributed by atoms with Crippen molar-refractivity contribution in [2.45, 2.75) is 45.6 Å². The summed E-state index contributed by atoms with van der Waals surface area (Å²) in [6.07, 6.45) is 4.38. The molecule has 0 unspecified atom stereocenters. The van der Waals surface area contributed by atoms with E-state index in [1.807, 2.05) is 54.8 Å². The van der Waals surface area contributed by atoms with Gasteiger partial charge in [0.15, 0.2) is 12.3 Å². The number of pyridine rings is 1. The van der Waals surface area contributed by atoms with Crippen LogP contribution in [0.15, 0.2) is 53.9 Å². The number of fused-ring (bicyclic) bond motifs is 1. The third kappa shape index (κ3) is 4.84. The molecule has 5 rings (SSSR count). The van der Waals surface area contributed by atoms with Gasteiger partial charge in [-0.05, 0) is 55.3 Å². The van der Waals surface area contributed by atoms with Crippen LogP contribution in [-0.4, -0.2) is 39.3 Å². The first-order chi connectivity index (χ1) is 17.0. The molecule has 4 aromatic rings. The highest BCUT2D eigenvalue weighted by molar-refractivity contribution is 7.13. The van der Waals surface area contributed by atoms with Crippen LogP contribution in [0, 0.1) is 12.8 Å². The summed E-state index contributed by atoms with van der Waals surface area (Å²) in [5, 5.41) is 10.3. The van der Waals surface area contributed by atoms with Crippen molar-refractivity contribution in [1.29, 1.82) is 0 Å². The van der Waals surface area contributed by atoms with Gasteiger partial charge >= 0.3 is 5.97 Å². The number of carbonyl (C=O) groups is 2. The maximum absolute atomic E-state index is 13.3. The number of hydrogen-bond donors (Lipinski definition) is 1. The lowest BCUT2D eigenvalue weighted by atomic mass is 9.86. The number of nitrogens with zero attached hydrogens (tertiary/aromatic N) is 3. The number of rotatable bonds is 6. The van der Waals surface area contributed by atoms with E-state index < -0.39 is 5.97 Å². The Morgan fingerprint density at radius 3 is 2.69 bits per heavy atom. The molecule has 35 heavy (non-hydrogen) atoms. The van der Waals surface area contributed by atoms with E-state index in [0.29, 0.717) is 33.9 Å². The summed E-state index contributed by atoms with van der Waals surface area (Å²) >= 11 is 1.54. The van der Waals surface area contributed by atoms with E-state index in [1.165, 1.54) is 6.42 Å². The Kier molecular flexibility index (Phi) is 6.63. The van der Waals surface area contributed by atoms with Gasteiger partial charge in [0, 0.05) is 6.04 Å². The number of ether oxygens (including phenoxy) is 1. The largest absolute Gasteiger partial charge is 0.452 e. The SMILES string of the molecule is Cc1nn(-c2ccccc2)c2nc(-c3cccs3)cc(C(=O)OCC(=O)N[C@H]3CCCC[C@H]3C)c12. The van der Waals surface area contributed by atoms with E-state index in [4.69, 9.17) is 9.72 Å². The molecule has 1 saturated carbocycles. The molecule has 0 radical (unpaired) electrons. The number of benzene rings is 1. The van der Waals surface area contributed by atoms with Gasteiger partial charge in [-0.15, -0.1) is 11.3 Å². The minimum absolute atomic E-state index is 0.138. The number of thiophene rings is 1. The van der Waals surface area contributed by atoms with Crippen molar-refractivity contribution in [3.05, 3.63) is 65.2 Å². The van der Waals surface area contributed by atoms with Gasteiger partial charge in [-0.2, -0.15) is 5.10 Å². The predicted molar refractivity (Wildman–Crippen MR) is 137 cm³/mol. The van der Waals surface area contributed by atoms with Crippen LogP contribution >= 0.6 is 11.3 Å². The lowest BCUT2D eigenvalue weighted by molar-refractivity contribution is -0.125. The summed E-state index contributed by atoms with van der Waals surface area (Å²) in [4.78, 5) is 31.6. The van der Waals surface area contributed by atoms with Crippen molar-refractivity contribution in [2.24, 2.45) is 5.92 Å². The molecule has 0 bridgehead atoms. The van der Waals surface area contributed by atoms with Crippen LogP contribution in [0.3, 0.4) is 0 Å². The van der Waals surface area contributed by atoms with Gasteiger partial charge in [0.05, 0.1) is 32.9 Å². The highest BCUT2D eigenvalue weighted by Gasteiger charge is 2.25. The van der Waals surface area contributed by atoms with E-state index in [1.54, 1.807) is 22.1 Å². The monoisotopic (exact) mass is 488 g/mol. The van der Waals surface area contributed by atoms with Crippen molar-refractivity contribution >= 4 is 34.2 Å². The van der Waals surface area contributed by atoms with Crippen LogP contribution in [-0.2, 0) is 9.53 Å². The molecule has 180 valence electrons. The molecule has 3 aromatic heterocycles. The first-order valence-corrected chi connectivity index (χ1v) is 12.9. The fraction of sp³-hybridized carbons (Fsp3) is 0.333. The zero-order chi connectivity index (χ0) is 24.4. The molecule has 3 heterocycles. The van der Waals surface area contributed by atoms with Crippen LogP contribution in [0.25, 0.3) is 27.3 Å². The summed E-state index contributed by atoms with van der Waals surface area (Å²) < 4.78 is 7.25. The number of esters is 1. The highest BCUT2D eigenvalue weighted by atomic mass is 32.1. The van der Waals surface area contributed by atoms with Gasteiger partial charge in [-0.25, -0.2) is 14.5 Å². The minimum Gasteiger partial charge on any atom is -0.452 e. The van der Waals surface area contributed by atoms with Crippen LogP contribution in [0.1, 0.15) is 48.7 Å². The second-order valence-electron chi connectivity index (χ2n) is 9.08. The van der Waals surface area contributed by atoms with Gasteiger partial charge < -0.3 is 10.1 Å². The first kappa shape index (κ1) is 23.2. The number of para-hydroxylation sites is 1. The summed E-state index contributed by atoms with van der Waals surface area (Å²) in [6.45, 7) is 3.69. The Hall–Kier alpha value is -3.52. The Bertz CT molecular complexity index is 1350. The van der Waals surface area contributed by atoms with E-state index in [9.17, 15) is 9.59 Å². The predicted octanol–water partition coefficient (Wildman–Crippen LogP) is 5.31. The Labute approximate surface area is 208 Å². The first-order valence-electron chi connectivity index (χ1n) is 12.0. The number of aryl methyl sites for hydroxylation is 1. The topological polar surface area (TPSA) is 86.1 Å². The minimum atomic E-state index is -0.558. The average Bonchev–Trinajstić information content (AvgIpc) is 3.53. The second-order valence-corrected chi connectivity index (χ2v) is 10.0. The van der Waals surface area contributed by atoms with Crippen LogP contribution in [0.2, 0.25) is 0 Å². The number of amides is 1. The second kappa shape index (κ2) is 10.00. The number of nitrogens with one attached hydrogen (secondary N) is 1. The van der Waals surface area contributed by atoms with Crippen molar-refractivity contribution in [1.82, 2.24) is 20.1 Å². The maximum atomic E-state index is 13.3. The zero-order valence-electron chi connectivity index (χ0n) is 19.9. The van der Waals surface area contributed by atoms with Gasteiger partial charge in [0.2, 0.25) is 0 Å². The molecule has 0 aliphatic heterocycles. The van der Waals surface area contributed by atoms with Crippen molar-refractivity contribution in [3.8, 4) is 16.3 Å². The lowest BCUT2D eigenvalue weighted by Gasteiger charge is -2.29. The molecule has 8 heteroatoms.